The van der Waals surface area contributed by atoms with Crippen molar-refractivity contribution in [3.63, 3.8) is 0 Å². The highest BCUT2D eigenvalue weighted by molar-refractivity contribution is 9.10. The monoisotopic (exact) mass is 273 g/mol. The molecule has 1 N–H and O–H groups in total. The van der Waals surface area contributed by atoms with E-state index in [4.69, 9.17) is 0 Å². The highest BCUT2D eigenvalue weighted by atomic mass is 79.9. The average molecular weight is 274 g/mol. The second kappa shape index (κ2) is 4.51. The van der Waals surface area contributed by atoms with Gasteiger partial charge in [0.2, 0.25) is 0 Å². The topological polar surface area (TPSA) is 28.2 Å². The number of rotatable bonds is 1. The second-order valence-corrected chi connectivity index (χ2v) is 5.03. The van der Waals surface area contributed by atoms with E-state index < -0.39 is 0 Å². The van der Waals surface area contributed by atoms with Crippen LogP contribution < -0.4 is 9.03 Å². The van der Waals surface area contributed by atoms with E-state index in [-0.39, 0.29) is 0 Å². The minimum absolute atomic E-state index is 1.03. The van der Waals surface area contributed by atoms with Crippen LogP contribution in [0.3, 0.4) is 0 Å². The first-order valence-electron chi connectivity index (χ1n) is 4.57. The van der Waals surface area contributed by atoms with Crippen LogP contribution in [-0.4, -0.2) is 18.1 Å². The summed E-state index contributed by atoms with van der Waals surface area (Å²) >= 11 is 5.11. The fourth-order valence-electron chi connectivity index (χ4n) is 1.38. The molecule has 1 aliphatic heterocycles. The van der Waals surface area contributed by atoms with Gasteiger partial charge in [0.25, 0.3) is 0 Å². The molecule has 1 fully saturated rings. The minimum atomic E-state index is 1.03. The molecule has 5 heteroatoms. The van der Waals surface area contributed by atoms with Crippen LogP contribution in [0.25, 0.3) is 0 Å². The van der Waals surface area contributed by atoms with E-state index >= 15 is 0 Å². The van der Waals surface area contributed by atoms with Gasteiger partial charge in [-0.05, 0) is 35.3 Å². The van der Waals surface area contributed by atoms with E-state index in [2.05, 4.69) is 36.0 Å². The summed E-state index contributed by atoms with van der Waals surface area (Å²) in [5.41, 5.74) is 2.26. The summed E-state index contributed by atoms with van der Waals surface area (Å²) in [5, 5.41) is 0. The summed E-state index contributed by atoms with van der Waals surface area (Å²) in [6.45, 7) is 4.20. The molecule has 76 valence electrons. The van der Waals surface area contributed by atoms with Crippen molar-refractivity contribution in [1.29, 1.82) is 0 Å². The Morgan fingerprint density at radius 3 is 3.21 bits per heavy atom. The van der Waals surface area contributed by atoms with Crippen molar-refractivity contribution in [3.05, 3.63) is 22.4 Å². The molecule has 0 radical (unpaired) electrons. The largest absolute Gasteiger partial charge is 0.301 e. The molecule has 0 saturated carbocycles. The number of pyridine rings is 1. The second-order valence-electron chi connectivity index (χ2n) is 3.20. The quantitative estimate of drug-likeness (QED) is 0.796. The summed E-state index contributed by atoms with van der Waals surface area (Å²) < 4.78 is 6.56. The van der Waals surface area contributed by atoms with Crippen molar-refractivity contribution >= 4 is 33.8 Å². The van der Waals surface area contributed by atoms with Gasteiger partial charge in [0.05, 0.1) is 11.4 Å². The molecule has 0 spiro atoms. The lowest BCUT2D eigenvalue weighted by Crippen LogP contribution is -2.30. The number of aryl methyl sites for hydroxylation is 1. The van der Waals surface area contributed by atoms with Crippen molar-refractivity contribution < 1.29 is 0 Å². The van der Waals surface area contributed by atoms with Crippen molar-refractivity contribution in [3.8, 4) is 0 Å². The number of hydrogen-bond donors (Lipinski definition) is 1. The SMILES string of the molecule is Cc1ncc(Br)cc1N1CCCNS1. The number of nitrogens with zero attached hydrogens (tertiary/aromatic N) is 2. The maximum Gasteiger partial charge on any atom is 0.0705 e. The van der Waals surface area contributed by atoms with Gasteiger partial charge in [-0.25, -0.2) is 4.72 Å². The molecule has 2 heterocycles. The van der Waals surface area contributed by atoms with Gasteiger partial charge in [-0.1, -0.05) is 0 Å². The van der Waals surface area contributed by atoms with Crippen LogP contribution in [-0.2, 0) is 0 Å². The smallest absolute Gasteiger partial charge is 0.0705 e. The molecule has 0 bridgehead atoms. The van der Waals surface area contributed by atoms with Gasteiger partial charge in [-0.3, -0.25) is 4.98 Å². The highest BCUT2D eigenvalue weighted by Gasteiger charge is 2.14. The zero-order chi connectivity index (χ0) is 9.97. The molecule has 1 aromatic rings. The molecular weight excluding hydrogens is 262 g/mol. The Balaban J connectivity index is 2.24. The molecule has 0 amide bonds. The van der Waals surface area contributed by atoms with E-state index in [9.17, 15) is 0 Å². The Labute approximate surface area is 96.7 Å². The zero-order valence-electron chi connectivity index (χ0n) is 7.96. The normalized spacial score (nSPS) is 17.1. The van der Waals surface area contributed by atoms with E-state index in [1.807, 2.05) is 13.1 Å². The predicted molar refractivity (Wildman–Crippen MR) is 64.2 cm³/mol. The van der Waals surface area contributed by atoms with Crippen LogP contribution in [0, 0.1) is 6.92 Å². The number of halogens is 1. The number of hydrogen-bond acceptors (Lipinski definition) is 4. The third kappa shape index (κ3) is 2.21. The van der Waals surface area contributed by atoms with E-state index in [0.717, 1.165) is 23.3 Å². The van der Waals surface area contributed by atoms with Crippen LogP contribution in [0.15, 0.2) is 16.7 Å². The Bertz CT molecular complexity index is 326. The van der Waals surface area contributed by atoms with Crippen LogP contribution in [0.2, 0.25) is 0 Å². The summed E-state index contributed by atoms with van der Waals surface area (Å²) in [6.07, 6.45) is 3.01. The van der Waals surface area contributed by atoms with Gasteiger partial charge in [-0.2, -0.15) is 0 Å². The summed E-state index contributed by atoms with van der Waals surface area (Å²) in [5.74, 6) is 0. The third-order valence-electron chi connectivity index (χ3n) is 2.11. The third-order valence-corrected chi connectivity index (χ3v) is 3.48. The Hall–Kier alpha value is -0.260. The summed E-state index contributed by atoms with van der Waals surface area (Å²) in [4.78, 5) is 4.32. The van der Waals surface area contributed by atoms with E-state index in [0.29, 0.717) is 0 Å². The van der Waals surface area contributed by atoms with Crippen molar-refractivity contribution in [2.75, 3.05) is 17.4 Å². The first-order chi connectivity index (χ1) is 6.77. The average Bonchev–Trinajstić information content (AvgIpc) is 2.23. The van der Waals surface area contributed by atoms with Crippen LogP contribution in [0.5, 0.6) is 0 Å². The van der Waals surface area contributed by atoms with Gasteiger partial charge in [0.15, 0.2) is 0 Å². The molecular formula is C9H12BrN3S. The van der Waals surface area contributed by atoms with E-state index in [1.54, 1.807) is 12.1 Å². The minimum Gasteiger partial charge on any atom is -0.301 e. The maximum absolute atomic E-state index is 4.32. The lowest BCUT2D eigenvalue weighted by molar-refractivity contribution is 0.775. The summed E-state index contributed by atoms with van der Waals surface area (Å²) in [6, 6.07) is 2.11. The highest BCUT2D eigenvalue weighted by Crippen LogP contribution is 2.28. The Kier molecular flexibility index (Phi) is 3.30. The number of anilines is 1. The van der Waals surface area contributed by atoms with Gasteiger partial charge in [-0.15, -0.1) is 0 Å². The Morgan fingerprint density at radius 2 is 2.50 bits per heavy atom. The maximum atomic E-state index is 4.32. The van der Waals surface area contributed by atoms with Gasteiger partial charge in [0, 0.05) is 35.9 Å². The molecule has 2 rings (SSSR count). The lowest BCUT2D eigenvalue weighted by Gasteiger charge is -2.28. The summed E-state index contributed by atoms with van der Waals surface area (Å²) in [7, 11) is 0. The van der Waals surface area contributed by atoms with Crippen LogP contribution in [0.1, 0.15) is 12.1 Å². The molecule has 3 nitrogen and oxygen atoms in total. The van der Waals surface area contributed by atoms with Crippen molar-refractivity contribution in [1.82, 2.24) is 9.71 Å². The standard InChI is InChI=1S/C9H12BrN3S/c1-7-9(5-8(10)6-11-7)13-4-2-3-12-14-13/h5-6,12H,2-4H2,1H3. The predicted octanol–water partition coefficient (Wildman–Crippen LogP) is 2.52. The molecule has 1 saturated heterocycles. The molecule has 0 aliphatic carbocycles. The van der Waals surface area contributed by atoms with Crippen LogP contribution in [0.4, 0.5) is 5.69 Å². The molecule has 0 atom stereocenters. The first-order valence-corrected chi connectivity index (χ1v) is 6.13. The van der Waals surface area contributed by atoms with Crippen molar-refractivity contribution in [2.24, 2.45) is 0 Å². The molecule has 0 unspecified atom stereocenters. The van der Waals surface area contributed by atoms with Gasteiger partial charge < -0.3 is 4.31 Å². The zero-order valence-corrected chi connectivity index (χ0v) is 10.4. The Morgan fingerprint density at radius 1 is 1.64 bits per heavy atom. The number of aromatic nitrogens is 1. The molecule has 0 aromatic carbocycles. The fraction of sp³-hybridized carbons (Fsp3) is 0.444. The van der Waals surface area contributed by atoms with Gasteiger partial charge in [0.1, 0.15) is 0 Å². The van der Waals surface area contributed by atoms with Gasteiger partial charge >= 0.3 is 0 Å². The van der Waals surface area contributed by atoms with E-state index in [1.165, 1.54) is 12.1 Å². The number of nitrogens with one attached hydrogen (secondary N) is 1. The first kappa shape index (κ1) is 10.3. The van der Waals surface area contributed by atoms with Crippen molar-refractivity contribution in [2.45, 2.75) is 13.3 Å². The van der Waals surface area contributed by atoms with Crippen LogP contribution >= 0.6 is 28.1 Å². The molecule has 14 heavy (non-hydrogen) atoms. The molecule has 1 aromatic heterocycles. The fourth-order valence-corrected chi connectivity index (χ4v) is 2.60. The lowest BCUT2D eigenvalue weighted by atomic mass is 10.3. The molecule has 1 aliphatic rings.